The second kappa shape index (κ2) is 6.30. The van der Waals surface area contributed by atoms with Crippen LogP contribution in [0.25, 0.3) is 5.69 Å². The Hall–Kier alpha value is -1.82. The summed E-state index contributed by atoms with van der Waals surface area (Å²) < 4.78 is 41.5. The highest BCUT2D eigenvalue weighted by Gasteiger charge is 2.34. The van der Waals surface area contributed by atoms with Gasteiger partial charge in [-0.2, -0.15) is 13.2 Å². The molecule has 0 saturated heterocycles. The van der Waals surface area contributed by atoms with E-state index in [1.807, 2.05) is 6.92 Å². The van der Waals surface area contributed by atoms with Gasteiger partial charge in [-0.1, -0.05) is 13.0 Å². The number of aromatic nitrogens is 2. The van der Waals surface area contributed by atoms with Gasteiger partial charge in [0, 0.05) is 18.8 Å². The summed E-state index contributed by atoms with van der Waals surface area (Å²) in [6, 6.07) is 4.36. The van der Waals surface area contributed by atoms with Crippen molar-refractivity contribution in [2.45, 2.75) is 32.4 Å². The molecule has 1 aromatic carbocycles. The lowest BCUT2D eigenvalue weighted by molar-refractivity contribution is -0.137. The van der Waals surface area contributed by atoms with Gasteiger partial charge in [0.2, 0.25) is 0 Å². The Morgan fingerprint density at radius 3 is 2.62 bits per heavy atom. The van der Waals surface area contributed by atoms with E-state index in [1.165, 1.54) is 22.9 Å². The molecule has 6 heteroatoms. The molecule has 21 heavy (non-hydrogen) atoms. The fraction of sp³-hybridized carbons (Fsp3) is 0.400. The van der Waals surface area contributed by atoms with Crippen molar-refractivity contribution in [3.05, 3.63) is 47.5 Å². The van der Waals surface area contributed by atoms with Gasteiger partial charge in [0.05, 0.1) is 11.3 Å². The Labute approximate surface area is 121 Å². The fourth-order valence-corrected chi connectivity index (χ4v) is 2.30. The second-order valence-electron chi connectivity index (χ2n) is 4.85. The van der Waals surface area contributed by atoms with Crippen LogP contribution in [0.1, 0.15) is 30.3 Å². The van der Waals surface area contributed by atoms with Crippen LogP contribution in [0, 0.1) is 0 Å². The van der Waals surface area contributed by atoms with Crippen LogP contribution in [0.2, 0.25) is 0 Å². The summed E-state index contributed by atoms with van der Waals surface area (Å²) in [5.74, 6) is 0.634. The summed E-state index contributed by atoms with van der Waals surface area (Å²) in [5, 5.41) is 0. The largest absolute Gasteiger partial charge is 0.418 e. The van der Waals surface area contributed by atoms with E-state index in [-0.39, 0.29) is 5.69 Å². The molecule has 0 unspecified atom stereocenters. The zero-order valence-corrected chi connectivity index (χ0v) is 11.8. The van der Waals surface area contributed by atoms with Gasteiger partial charge in [-0.3, -0.25) is 0 Å². The summed E-state index contributed by atoms with van der Waals surface area (Å²) >= 11 is 0. The number of hydrogen-bond donors (Lipinski definition) is 1. The summed E-state index contributed by atoms with van der Waals surface area (Å²) in [7, 11) is 0. The highest BCUT2D eigenvalue weighted by molar-refractivity contribution is 5.46. The van der Waals surface area contributed by atoms with E-state index in [1.54, 1.807) is 12.3 Å². The van der Waals surface area contributed by atoms with E-state index < -0.39 is 11.7 Å². The van der Waals surface area contributed by atoms with Crippen molar-refractivity contribution in [3.8, 4) is 5.69 Å². The van der Waals surface area contributed by atoms with Crippen LogP contribution < -0.4 is 5.73 Å². The highest BCUT2D eigenvalue weighted by Crippen LogP contribution is 2.35. The van der Waals surface area contributed by atoms with Crippen LogP contribution in [0.15, 0.2) is 30.6 Å². The molecule has 0 spiro atoms. The van der Waals surface area contributed by atoms with Crippen LogP contribution in [0.4, 0.5) is 13.2 Å². The molecular weight excluding hydrogens is 279 g/mol. The molecule has 0 atom stereocenters. The lowest BCUT2D eigenvalue weighted by Crippen LogP contribution is -2.13. The van der Waals surface area contributed by atoms with E-state index in [0.29, 0.717) is 30.8 Å². The minimum Gasteiger partial charge on any atom is -0.330 e. The molecule has 2 aromatic rings. The number of benzene rings is 1. The maximum Gasteiger partial charge on any atom is 0.418 e. The van der Waals surface area contributed by atoms with Gasteiger partial charge in [-0.05, 0) is 37.1 Å². The number of alkyl halides is 3. The molecule has 0 radical (unpaired) electrons. The Bertz CT molecular complexity index is 602. The summed E-state index contributed by atoms with van der Waals surface area (Å²) in [5.41, 5.74) is 5.47. The maximum absolute atomic E-state index is 13.3. The van der Waals surface area contributed by atoms with E-state index in [0.717, 1.165) is 6.42 Å². The molecule has 3 nitrogen and oxygen atoms in total. The minimum absolute atomic E-state index is 0.115. The first-order valence-corrected chi connectivity index (χ1v) is 6.90. The van der Waals surface area contributed by atoms with Crippen molar-refractivity contribution >= 4 is 0 Å². The third-order valence-electron chi connectivity index (χ3n) is 3.25. The molecule has 2 rings (SSSR count). The Balaban J connectivity index is 2.54. The van der Waals surface area contributed by atoms with Gasteiger partial charge in [0.1, 0.15) is 5.82 Å². The Morgan fingerprint density at radius 1 is 1.24 bits per heavy atom. The van der Waals surface area contributed by atoms with Crippen LogP contribution >= 0.6 is 0 Å². The number of aryl methyl sites for hydroxylation is 1. The van der Waals surface area contributed by atoms with Gasteiger partial charge in [0.15, 0.2) is 0 Å². The average molecular weight is 297 g/mol. The first kappa shape index (κ1) is 15.6. The first-order valence-electron chi connectivity index (χ1n) is 6.90. The number of rotatable bonds is 5. The number of imidazole rings is 1. The quantitative estimate of drug-likeness (QED) is 0.920. The van der Waals surface area contributed by atoms with E-state index in [2.05, 4.69) is 4.98 Å². The molecule has 0 aliphatic rings. The molecule has 114 valence electrons. The number of hydrogen-bond acceptors (Lipinski definition) is 2. The van der Waals surface area contributed by atoms with Crippen LogP contribution in [-0.2, 0) is 19.0 Å². The first-order chi connectivity index (χ1) is 9.97. The van der Waals surface area contributed by atoms with Crippen molar-refractivity contribution < 1.29 is 13.2 Å². The third kappa shape index (κ3) is 3.44. The van der Waals surface area contributed by atoms with E-state index >= 15 is 0 Å². The standard InChI is InChI=1S/C15H18F3N3/c1-2-3-14-20-8-9-21(14)13-5-4-11(6-7-19)10-12(13)15(16,17)18/h4-5,8-10H,2-3,6-7,19H2,1H3. The molecule has 1 aromatic heterocycles. The van der Waals surface area contributed by atoms with Crippen LogP contribution in [0.5, 0.6) is 0 Å². The predicted octanol–water partition coefficient (Wildman–Crippen LogP) is 3.34. The minimum atomic E-state index is -4.41. The maximum atomic E-state index is 13.3. The van der Waals surface area contributed by atoms with Crippen molar-refractivity contribution in [1.82, 2.24) is 9.55 Å². The van der Waals surface area contributed by atoms with Crippen molar-refractivity contribution in [1.29, 1.82) is 0 Å². The van der Waals surface area contributed by atoms with Gasteiger partial charge in [0.25, 0.3) is 0 Å². The summed E-state index contributed by atoms with van der Waals surface area (Å²) in [6.45, 7) is 2.29. The van der Waals surface area contributed by atoms with Crippen molar-refractivity contribution in [3.63, 3.8) is 0 Å². The number of nitrogens with two attached hydrogens (primary N) is 1. The molecule has 0 aliphatic carbocycles. The predicted molar refractivity (Wildman–Crippen MR) is 75.3 cm³/mol. The van der Waals surface area contributed by atoms with Crippen LogP contribution in [-0.4, -0.2) is 16.1 Å². The molecule has 0 bridgehead atoms. The lowest BCUT2D eigenvalue weighted by Gasteiger charge is -2.16. The van der Waals surface area contributed by atoms with Crippen molar-refractivity contribution in [2.24, 2.45) is 5.73 Å². The van der Waals surface area contributed by atoms with Gasteiger partial charge in [-0.25, -0.2) is 4.98 Å². The third-order valence-corrected chi connectivity index (χ3v) is 3.25. The van der Waals surface area contributed by atoms with Crippen molar-refractivity contribution in [2.75, 3.05) is 6.54 Å². The molecule has 0 saturated carbocycles. The zero-order chi connectivity index (χ0) is 15.5. The molecule has 0 amide bonds. The van der Waals surface area contributed by atoms with Gasteiger partial charge in [-0.15, -0.1) is 0 Å². The zero-order valence-electron chi connectivity index (χ0n) is 11.8. The Morgan fingerprint density at radius 2 is 2.00 bits per heavy atom. The summed E-state index contributed by atoms with van der Waals surface area (Å²) in [4.78, 5) is 4.14. The molecule has 0 aliphatic heterocycles. The topological polar surface area (TPSA) is 43.8 Å². The van der Waals surface area contributed by atoms with Crippen LogP contribution in [0.3, 0.4) is 0 Å². The molecule has 2 N–H and O–H groups in total. The smallest absolute Gasteiger partial charge is 0.330 e. The van der Waals surface area contributed by atoms with Gasteiger partial charge >= 0.3 is 6.18 Å². The second-order valence-corrected chi connectivity index (χ2v) is 4.85. The monoisotopic (exact) mass is 297 g/mol. The number of halogens is 3. The lowest BCUT2D eigenvalue weighted by atomic mass is 10.1. The number of nitrogens with zero attached hydrogens (tertiary/aromatic N) is 2. The average Bonchev–Trinajstić information content (AvgIpc) is 2.87. The molecule has 0 fully saturated rings. The molecule has 1 heterocycles. The van der Waals surface area contributed by atoms with E-state index in [4.69, 9.17) is 5.73 Å². The fourth-order valence-electron chi connectivity index (χ4n) is 2.30. The van der Waals surface area contributed by atoms with Gasteiger partial charge < -0.3 is 10.3 Å². The Kier molecular flexibility index (Phi) is 4.67. The normalized spacial score (nSPS) is 11.9. The highest BCUT2D eigenvalue weighted by atomic mass is 19.4. The van der Waals surface area contributed by atoms with E-state index in [9.17, 15) is 13.2 Å². The SMILES string of the molecule is CCCc1nccn1-c1ccc(CCN)cc1C(F)(F)F. The molecular formula is C15H18F3N3. The summed E-state index contributed by atoms with van der Waals surface area (Å²) in [6.07, 6.45) is 0.568.